The minimum Gasteiger partial charge on any atom is -0.381 e. The molecule has 1 rings (SSSR count). The van der Waals surface area contributed by atoms with Crippen molar-refractivity contribution in [2.75, 3.05) is 26.3 Å². The Balaban J connectivity index is 1.96. The molecule has 13 heavy (non-hydrogen) atoms. The number of nitrogens with one attached hydrogen (secondary N) is 2. The lowest BCUT2D eigenvalue weighted by Crippen LogP contribution is -2.36. The van der Waals surface area contributed by atoms with Gasteiger partial charge in [-0.3, -0.25) is 0 Å². The third-order valence-corrected chi connectivity index (χ3v) is 2.49. The van der Waals surface area contributed by atoms with E-state index in [1.165, 1.54) is 6.42 Å². The molecule has 0 aromatic rings. The fourth-order valence-electron chi connectivity index (χ4n) is 1.42. The van der Waals surface area contributed by atoms with Gasteiger partial charge in [0, 0.05) is 26.3 Å². The summed E-state index contributed by atoms with van der Waals surface area (Å²) in [7, 11) is 0. The van der Waals surface area contributed by atoms with Crippen molar-refractivity contribution >= 4 is 17.3 Å². The molecule has 1 heterocycles. The van der Waals surface area contributed by atoms with Crippen molar-refractivity contribution in [3.05, 3.63) is 0 Å². The Bertz CT molecular complexity index is 158. The summed E-state index contributed by atoms with van der Waals surface area (Å²) in [6, 6.07) is 0. The summed E-state index contributed by atoms with van der Waals surface area (Å²) >= 11 is 5.04. The highest BCUT2D eigenvalue weighted by Gasteiger charge is 2.14. The standard InChI is InChI=1S/C9H18N2OS/c1-2-10-9(13)11-5-3-8-4-6-12-7-8/h8H,2-7H2,1H3,(H2,10,11,13). The minimum atomic E-state index is 0.733. The summed E-state index contributed by atoms with van der Waals surface area (Å²) in [4.78, 5) is 0. The lowest BCUT2D eigenvalue weighted by molar-refractivity contribution is 0.184. The van der Waals surface area contributed by atoms with Crippen LogP contribution >= 0.6 is 12.2 Å². The van der Waals surface area contributed by atoms with Crippen LogP contribution in [0.15, 0.2) is 0 Å². The van der Waals surface area contributed by atoms with Crippen LogP contribution in [0.1, 0.15) is 19.8 Å². The van der Waals surface area contributed by atoms with Gasteiger partial charge in [0.25, 0.3) is 0 Å². The predicted molar refractivity (Wildman–Crippen MR) is 57.8 cm³/mol. The SMILES string of the molecule is CCNC(=S)NCCC1CCOC1. The molecule has 4 heteroatoms. The van der Waals surface area contributed by atoms with Crippen molar-refractivity contribution < 1.29 is 4.74 Å². The van der Waals surface area contributed by atoms with E-state index in [9.17, 15) is 0 Å². The van der Waals surface area contributed by atoms with Crippen LogP contribution in [0.25, 0.3) is 0 Å². The van der Waals surface area contributed by atoms with Gasteiger partial charge in [-0.1, -0.05) is 0 Å². The maximum absolute atomic E-state index is 5.29. The highest BCUT2D eigenvalue weighted by atomic mass is 32.1. The third-order valence-electron chi connectivity index (χ3n) is 2.20. The maximum Gasteiger partial charge on any atom is 0.166 e. The van der Waals surface area contributed by atoms with Gasteiger partial charge in [-0.2, -0.15) is 0 Å². The fraction of sp³-hybridized carbons (Fsp3) is 0.889. The molecule has 1 aliphatic heterocycles. The molecule has 0 radical (unpaired) electrons. The molecule has 76 valence electrons. The molecule has 1 fully saturated rings. The van der Waals surface area contributed by atoms with Crippen molar-refractivity contribution in [2.45, 2.75) is 19.8 Å². The van der Waals surface area contributed by atoms with Gasteiger partial charge >= 0.3 is 0 Å². The van der Waals surface area contributed by atoms with E-state index in [2.05, 4.69) is 10.6 Å². The van der Waals surface area contributed by atoms with Crippen LogP contribution in [-0.2, 0) is 4.74 Å². The van der Waals surface area contributed by atoms with E-state index in [0.717, 1.165) is 43.8 Å². The van der Waals surface area contributed by atoms with E-state index < -0.39 is 0 Å². The van der Waals surface area contributed by atoms with Crippen molar-refractivity contribution in [3.63, 3.8) is 0 Å². The van der Waals surface area contributed by atoms with E-state index >= 15 is 0 Å². The van der Waals surface area contributed by atoms with Crippen LogP contribution in [0.3, 0.4) is 0 Å². The van der Waals surface area contributed by atoms with Gasteiger partial charge in [0.05, 0.1) is 0 Å². The molecule has 0 spiro atoms. The number of ether oxygens (including phenoxy) is 1. The Hall–Kier alpha value is -0.350. The van der Waals surface area contributed by atoms with Crippen molar-refractivity contribution in [1.29, 1.82) is 0 Å². The zero-order valence-corrected chi connectivity index (χ0v) is 8.95. The Labute approximate surface area is 85.2 Å². The van der Waals surface area contributed by atoms with Gasteiger partial charge in [-0.25, -0.2) is 0 Å². The molecule has 0 bridgehead atoms. The average Bonchev–Trinajstić information content (AvgIpc) is 2.57. The van der Waals surface area contributed by atoms with E-state index in [4.69, 9.17) is 17.0 Å². The van der Waals surface area contributed by atoms with E-state index in [-0.39, 0.29) is 0 Å². The predicted octanol–water partition coefficient (Wildman–Crippen LogP) is 0.897. The topological polar surface area (TPSA) is 33.3 Å². The van der Waals surface area contributed by atoms with Crippen molar-refractivity contribution in [3.8, 4) is 0 Å². The molecule has 1 saturated heterocycles. The monoisotopic (exact) mass is 202 g/mol. The molecule has 3 nitrogen and oxygen atoms in total. The zero-order valence-electron chi connectivity index (χ0n) is 8.14. The van der Waals surface area contributed by atoms with Crippen LogP contribution in [0.5, 0.6) is 0 Å². The smallest absolute Gasteiger partial charge is 0.166 e. The number of rotatable bonds is 4. The largest absolute Gasteiger partial charge is 0.381 e. The molecular formula is C9H18N2OS. The Morgan fingerprint density at radius 2 is 2.38 bits per heavy atom. The average molecular weight is 202 g/mol. The Morgan fingerprint density at radius 3 is 3.00 bits per heavy atom. The lowest BCUT2D eigenvalue weighted by Gasteiger charge is -2.10. The summed E-state index contributed by atoms with van der Waals surface area (Å²) in [6.07, 6.45) is 2.36. The second-order valence-corrected chi connectivity index (χ2v) is 3.71. The Kier molecular flexibility index (Phi) is 5.08. The summed E-state index contributed by atoms with van der Waals surface area (Å²) in [5.41, 5.74) is 0. The van der Waals surface area contributed by atoms with E-state index in [1.807, 2.05) is 6.92 Å². The first-order valence-electron chi connectivity index (χ1n) is 4.92. The lowest BCUT2D eigenvalue weighted by atomic mass is 10.1. The summed E-state index contributed by atoms with van der Waals surface area (Å²) in [6.45, 7) is 5.75. The second-order valence-electron chi connectivity index (χ2n) is 3.30. The van der Waals surface area contributed by atoms with Crippen LogP contribution in [0, 0.1) is 5.92 Å². The second kappa shape index (κ2) is 6.16. The van der Waals surface area contributed by atoms with Gasteiger partial charge in [0.1, 0.15) is 0 Å². The quantitative estimate of drug-likeness (QED) is 0.664. The molecule has 1 unspecified atom stereocenters. The Morgan fingerprint density at radius 1 is 1.54 bits per heavy atom. The normalized spacial score (nSPS) is 21.5. The van der Waals surface area contributed by atoms with Crippen LogP contribution in [0.4, 0.5) is 0 Å². The van der Waals surface area contributed by atoms with Crippen molar-refractivity contribution in [1.82, 2.24) is 10.6 Å². The summed E-state index contributed by atoms with van der Waals surface area (Å²) in [5.74, 6) is 0.733. The zero-order chi connectivity index (χ0) is 9.52. The van der Waals surface area contributed by atoms with Gasteiger partial charge in [0.15, 0.2) is 5.11 Å². The molecule has 0 aromatic carbocycles. The first kappa shape index (κ1) is 10.7. The number of thiocarbonyl (C=S) groups is 1. The molecule has 0 saturated carbocycles. The summed E-state index contributed by atoms with van der Waals surface area (Å²) in [5, 5.41) is 7.00. The van der Waals surface area contributed by atoms with Gasteiger partial charge < -0.3 is 15.4 Å². The van der Waals surface area contributed by atoms with E-state index in [1.54, 1.807) is 0 Å². The molecule has 1 atom stereocenters. The highest BCUT2D eigenvalue weighted by Crippen LogP contribution is 2.14. The molecular weight excluding hydrogens is 184 g/mol. The van der Waals surface area contributed by atoms with E-state index in [0.29, 0.717) is 0 Å². The first-order valence-corrected chi connectivity index (χ1v) is 5.33. The van der Waals surface area contributed by atoms with Crippen LogP contribution < -0.4 is 10.6 Å². The van der Waals surface area contributed by atoms with Crippen LogP contribution in [0.2, 0.25) is 0 Å². The van der Waals surface area contributed by atoms with Gasteiger partial charge in [-0.05, 0) is 37.9 Å². The van der Waals surface area contributed by atoms with Gasteiger partial charge in [-0.15, -0.1) is 0 Å². The summed E-state index contributed by atoms with van der Waals surface area (Å²) < 4.78 is 5.29. The molecule has 0 amide bonds. The number of hydrogen-bond acceptors (Lipinski definition) is 2. The van der Waals surface area contributed by atoms with Crippen LogP contribution in [-0.4, -0.2) is 31.4 Å². The maximum atomic E-state index is 5.29. The molecule has 0 aromatic heterocycles. The third kappa shape index (κ3) is 4.43. The molecule has 1 aliphatic rings. The fourth-order valence-corrected chi connectivity index (χ4v) is 1.67. The molecule has 0 aliphatic carbocycles. The van der Waals surface area contributed by atoms with Crippen molar-refractivity contribution in [2.24, 2.45) is 5.92 Å². The number of hydrogen-bond donors (Lipinski definition) is 2. The minimum absolute atomic E-state index is 0.733. The highest BCUT2D eigenvalue weighted by molar-refractivity contribution is 7.80. The molecule has 2 N–H and O–H groups in total. The van der Waals surface area contributed by atoms with Gasteiger partial charge in [0.2, 0.25) is 0 Å². The first-order chi connectivity index (χ1) is 6.33.